The molecule has 206 valence electrons. The monoisotopic (exact) mass is 576 g/mol. The van der Waals surface area contributed by atoms with Crippen molar-refractivity contribution in [2.75, 3.05) is 18.5 Å². The molecule has 3 aromatic rings. The van der Waals surface area contributed by atoms with E-state index in [0.29, 0.717) is 38.0 Å². The van der Waals surface area contributed by atoms with E-state index in [1.807, 2.05) is 79.7 Å². The van der Waals surface area contributed by atoms with Crippen molar-refractivity contribution in [3.05, 3.63) is 95.1 Å². The number of hydrogen-bond donors (Lipinski definition) is 1. The lowest BCUT2D eigenvalue weighted by Crippen LogP contribution is -2.57. The fourth-order valence-electron chi connectivity index (χ4n) is 6.70. The van der Waals surface area contributed by atoms with Crippen molar-refractivity contribution in [1.82, 2.24) is 4.90 Å². The molecule has 0 saturated carbocycles. The molecule has 1 heterocycles. The molecule has 2 atom stereocenters. The minimum Gasteiger partial charge on any atom is -0.494 e. The molecule has 4 aliphatic rings. The second-order valence-corrected chi connectivity index (χ2v) is 11.8. The number of imide groups is 1. The van der Waals surface area contributed by atoms with Gasteiger partial charge in [0.1, 0.15) is 15.5 Å². The van der Waals surface area contributed by atoms with Gasteiger partial charge in [0, 0.05) is 18.7 Å². The predicted molar refractivity (Wildman–Crippen MR) is 155 cm³/mol. The summed E-state index contributed by atoms with van der Waals surface area (Å²) in [6.07, 6.45) is 2.28. The van der Waals surface area contributed by atoms with Gasteiger partial charge in [0.2, 0.25) is 17.7 Å². The lowest BCUT2D eigenvalue weighted by Gasteiger charge is -2.54. The van der Waals surface area contributed by atoms with Crippen molar-refractivity contribution in [2.24, 2.45) is 11.8 Å². The third-order valence-corrected chi connectivity index (χ3v) is 9.70. The average molecular weight is 578 g/mol. The zero-order chi connectivity index (χ0) is 28.1. The van der Waals surface area contributed by atoms with E-state index in [2.05, 4.69) is 5.32 Å². The summed E-state index contributed by atoms with van der Waals surface area (Å²) in [7, 11) is 0. The maximum Gasteiger partial charge on any atom is 0.235 e. The van der Waals surface area contributed by atoms with E-state index in [1.54, 1.807) is 0 Å². The predicted octanol–water partition coefficient (Wildman–Crippen LogP) is 6.18. The highest BCUT2D eigenvalue weighted by atomic mass is 35.5. The first kappa shape index (κ1) is 26.9. The van der Waals surface area contributed by atoms with Gasteiger partial charge in [-0.05, 0) is 66.3 Å². The molecule has 1 N–H and O–H groups in total. The third-order valence-electron chi connectivity index (χ3n) is 8.41. The second kappa shape index (κ2) is 10.2. The maximum absolute atomic E-state index is 13.8. The van der Waals surface area contributed by atoms with Crippen molar-refractivity contribution >= 4 is 46.6 Å². The molecule has 6 nitrogen and oxygen atoms in total. The minimum atomic E-state index is -1.16. The number of likely N-dealkylation sites (tertiary alicyclic amines) is 1. The van der Waals surface area contributed by atoms with Crippen LogP contribution in [0.4, 0.5) is 5.69 Å². The van der Waals surface area contributed by atoms with Gasteiger partial charge in [-0.15, -0.1) is 23.2 Å². The molecule has 0 radical (unpaired) electrons. The van der Waals surface area contributed by atoms with E-state index in [0.717, 1.165) is 28.0 Å². The smallest absolute Gasteiger partial charge is 0.235 e. The highest BCUT2D eigenvalue weighted by molar-refractivity contribution is 6.36. The van der Waals surface area contributed by atoms with Crippen molar-refractivity contribution in [1.29, 1.82) is 0 Å². The summed E-state index contributed by atoms with van der Waals surface area (Å²) >= 11 is 14.9. The van der Waals surface area contributed by atoms with Crippen LogP contribution in [-0.4, -0.2) is 35.8 Å². The molecule has 0 spiro atoms. The van der Waals surface area contributed by atoms with Crippen LogP contribution in [0.5, 0.6) is 5.75 Å². The summed E-state index contributed by atoms with van der Waals surface area (Å²) in [6, 6.07) is 22.5. The molecule has 2 bridgehead atoms. The van der Waals surface area contributed by atoms with Crippen LogP contribution >= 0.6 is 23.2 Å². The van der Waals surface area contributed by atoms with Crippen LogP contribution in [0, 0.1) is 11.8 Å². The first-order chi connectivity index (χ1) is 19.3. The number of amides is 3. The lowest BCUT2D eigenvalue weighted by atomic mass is 9.54. The third kappa shape index (κ3) is 3.95. The molecule has 40 heavy (non-hydrogen) atoms. The molecule has 0 unspecified atom stereocenters. The quantitative estimate of drug-likeness (QED) is 0.187. The van der Waals surface area contributed by atoms with Crippen molar-refractivity contribution in [3.63, 3.8) is 0 Å². The van der Waals surface area contributed by atoms with E-state index in [1.165, 1.54) is 4.90 Å². The lowest BCUT2D eigenvalue weighted by molar-refractivity contribution is -0.140. The number of carbonyl (C=O) groups excluding carboxylic acids is 3. The standard InChI is InChI=1S/C32H30Cl2N2O4/c1-2-40-21-17-15-20(16-18-21)35-26(37)14-4-3-9-19-36-29(38)27-28(30(36)39)32(34)23-11-6-5-10-22(23)31(27,33)24-12-7-8-13-25(24)32/h5-8,10-13,15-18,27-28H,2-4,9,14,19H2,1H3,(H,35,37)/t27-,28-,31?,32?/m1/s1. The van der Waals surface area contributed by atoms with Crippen LogP contribution in [0.25, 0.3) is 0 Å². The summed E-state index contributed by atoms with van der Waals surface area (Å²) in [4.78, 5) is 39.1. The first-order valence-corrected chi connectivity index (χ1v) is 14.5. The Kier molecular flexibility index (Phi) is 6.87. The van der Waals surface area contributed by atoms with Gasteiger partial charge in [-0.3, -0.25) is 19.3 Å². The highest BCUT2D eigenvalue weighted by Crippen LogP contribution is 2.69. The molecule has 0 aromatic heterocycles. The Morgan fingerprint density at radius 2 is 1.30 bits per heavy atom. The molecule has 3 aromatic carbocycles. The average Bonchev–Trinajstić information content (AvgIpc) is 3.23. The first-order valence-electron chi connectivity index (χ1n) is 13.8. The SMILES string of the molecule is CCOc1ccc(NC(=O)CCCCCN2C(=O)[C@H]3[C@H](C2=O)C2(Cl)c4ccccc4C3(Cl)c3ccccc32)cc1. The van der Waals surface area contributed by atoms with Crippen molar-refractivity contribution < 1.29 is 19.1 Å². The number of benzene rings is 3. The van der Waals surface area contributed by atoms with Gasteiger partial charge in [-0.1, -0.05) is 55.0 Å². The van der Waals surface area contributed by atoms with Gasteiger partial charge in [0.25, 0.3) is 0 Å². The second-order valence-electron chi connectivity index (χ2n) is 10.6. The Labute approximate surface area is 243 Å². The molecular formula is C32H30Cl2N2O4. The maximum atomic E-state index is 13.8. The zero-order valence-electron chi connectivity index (χ0n) is 22.2. The van der Waals surface area contributed by atoms with Crippen LogP contribution in [0.3, 0.4) is 0 Å². The fourth-order valence-corrected chi connectivity index (χ4v) is 7.80. The number of anilines is 1. The molecule has 7 rings (SSSR count). The fraction of sp³-hybridized carbons (Fsp3) is 0.344. The number of nitrogens with one attached hydrogen (secondary N) is 1. The summed E-state index contributed by atoms with van der Waals surface area (Å²) < 4.78 is 5.43. The van der Waals surface area contributed by atoms with Crippen molar-refractivity contribution in [2.45, 2.75) is 42.4 Å². The summed E-state index contributed by atoms with van der Waals surface area (Å²) in [6.45, 7) is 2.78. The van der Waals surface area contributed by atoms with Crippen molar-refractivity contribution in [3.8, 4) is 5.75 Å². The Morgan fingerprint density at radius 3 is 1.77 bits per heavy atom. The van der Waals surface area contributed by atoms with Gasteiger partial charge < -0.3 is 10.1 Å². The Balaban J connectivity index is 1.12. The molecule has 1 fully saturated rings. The summed E-state index contributed by atoms with van der Waals surface area (Å²) in [5.74, 6) is -1.41. The van der Waals surface area contributed by atoms with Crippen LogP contribution in [0.15, 0.2) is 72.8 Å². The molecule has 3 amide bonds. The van der Waals surface area contributed by atoms with E-state index < -0.39 is 21.6 Å². The van der Waals surface area contributed by atoms with Gasteiger partial charge in [-0.2, -0.15) is 0 Å². The van der Waals surface area contributed by atoms with Crippen LogP contribution < -0.4 is 10.1 Å². The Hall–Kier alpha value is -3.35. The molecule has 8 heteroatoms. The summed E-state index contributed by atoms with van der Waals surface area (Å²) in [5.41, 5.74) is 3.91. The number of ether oxygens (including phenoxy) is 1. The zero-order valence-corrected chi connectivity index (χ0v) is 23.7. The highest BCUT2D eigenvalue weighted by Gasteiger charge is 2.72. The number of halogens is 2. The number of rotatable bonds is 9. The molecule has 3 aliphatic carbocycles. The topological polar surface area (TPSA) is 75.7 Å². The van der Waals surface area contributed by atoms with Crippen LogP contribution in [-0.2, 0) is 24.1 Å². The van der Waals surface area contributed by atoms with E-state index in [9.17, 15) is 14.4 Å². The van der Waals surface area contributed by atoms with Gasteiger partial charge in [0.05, 0.1) is 18.4 Å². The van der Waals surface area contributed by atoms with E-state index >= 15 is 0 Å². The van der Waals surface area contributed by atoms with Crippen LogP contribution in [0.2, 0.25) is 0 Å². The number of unbranched alkanes of at least 4 members (excludes halogenated alkanes) is 2. The number of carbonyl (C=O) groups is 3. The summed E-state index contributed by atoms with van der Waals surface area (Å²) in [5, 5.41) is 2.89. The normalized spacial score (nSPS) is 25.8. The Morgan fingerprint density at radius 1 is 0.800 bits per heavy atom. The van der Waals surface area contributed by atoms with Gasteiger partial charge in [-0.25, -0.2) is 0 Å². The number of nitrogens with zero attached hydrogens (tertiary/aromatic N) is 1. The molecule has 1 saturated heterocycles. The minimum absolute atomic E-state index is 0.0798. The molecular weight excluding hydrogens is 547 g/mol. The van der Waals surface area contributed by atoms with Gasteiger partial charge in [0.15, 0.2) is 0 Å². The van der Waals surface area contributed by atoms with Gasteiger partial charge >= 0.3 is 0 Å². The van der Waals surface area contributed by atoms with Crippen LogP contribution in [0.1, 0.15) is 54.9 Å². The van der Waals surface area contributed by atoms with E-state index in [4.69, 9.17) is 27.9 Å². The number of alkyl halides is 2. The number of hydrogen-bond acceptors (Lipinski definition) is 4. The Bertz CT molecular complexity index is 1370. The van der Waals surface area contributed by atoms with E-state index in [-0.39, 0.29) is 24.3 Å². The molecule has 1 aliphatic heterocycles. The largest absolute Gasteiger partial charge is 0.494 e.